The number of rotatable bonds is 3. The van der Waals surface area contributed by atoms with Crippen LogP contribution in [0.2, 0.25) is 0 Å². The van der Waals surface area contributed by atoms with Crippen molar-refractivity contribution in [2.45, 2.75) is 71.6 Å². The Bertz CT molecular complexity index is 670. The van der Waals surface area contributed by atoms with Crippen molar-refractivity contribution in [3.63, 3.8) is 0 Å². The molecule has 0 aliphatic heterocycles. The van der Waals surface area contributed by atoms with Crippen molar-refractivity contribution in [2.24, 2.45) is 28.6 Å². The van der Waals surface area contributed by atoms with E-state index in [-0.39, 0.29) is 11.4 Å². The first kappa shape index (κ1) is 18.1. The van der Waals surface area contributed by atoms with Crippen LogP contribution in [0, 0.1) is 28.6 Å². The fourth-order valence-corrected chi connectivity index (χ4v) is 6.89. The number of methoxy groups -OCH3 is 1. The van der Waals surface area contributed by atoms with Crippen molar-refractivity contribution in [1.29, 1.82) is 0 Å². The van der Waals surface area contributed by atoms with Gasteiger partial charge in [-0.25, -0.2) is 4.79 Å². The molecule has 142 valence electrons. The Kier molecular flexibility index (Phi) is 4.65. The van der Waals surface area contributed by atoms with Crippen LogP contribution in [-0.4, -0.2) is 13.1 Å². The van der Waals surface area contributed by atoms with Crippen LogP contribution in [0.15, 0.2) is 35.5 Å². The molecule has 4 rings (SSSR count). The van der Waals surface area contributed by atoms with Gasteiger partial charge in [0.15, 0.2) is 0 Å². The topological polar surface area (TPSA) is 26.3 Å². The lowest BCUT2D eigenvalue weighted by atomic mass is 9.49. The maximum Gasteiger partial charge on any atom is 0.330 e. The quantitative estimate of drug-likeness (QED) is 0.353. The lowest BCUT2D eigenvalue weighted by molar-refractivity contribution is -0.134. The molecule has 0 aromatic rings. The molecule has 2 saturated carbocycles. The van der Waals surface area contributed by atoms with E-state index in [4.69, 9.17) is 4.74 Å². The van der Waals surface area contributed by atoms with Crippen LogP contribution in [0.25, 0.3) is 0 Å². The van der Waals surface area contributed by atoms with E-state index >= 15 is 0 Å². The van der Waals surface area contributed by atoms with Crippen molar-refractivity contribution in [3.8, 4) is 0 Å². The van der Waals surface area contributed by atoms with Gasteiger partial charge >= 0.3 is 5.97 Å². The zero-order valence-corrected chi connectivity index (χ0v) is 16.7. The predicted molar refractivity (Wildman–Crippen MR) is 106 cm³/mol. The first-order valence-electron chi connectivity index (χ1n) is 10.6. The third-order valence-corrected chi connectivity index (χ3v) is 8.48. The van der Waals surface area contributed by atoms with Gasteiger partial charge in [-0.05, 0) is 73.5 Å². The van der Waals surface area contributed by atoms with E-state index in [0.29, 0.717) is 5.41 Å². The first-order chi connectivity index (χ1) is 12.5. The van der Waals surface area contributed by atoms with Gasteiger partial charge in [0.05, 0.1) is 7.11 Å². The van der Waals surface area contributed by atoms with Crippen LogP contribution in [0.3, 0.4) is 0 Å². The van der Waals surface area contributed by atoms with Crippen molar-refractivity contribution in [3.05, 3.63) is 35.5 Å². The molecule has 0 N–H and O–H groups in total. The second kappa shape index (κ2) is 6.69. The summed E-state index contributed by atoms with van der Waals surface area (Å²) in [4.78, 5) is 11.4. The maximum atomic E-state index is 11.4. The molecule has 0 radical (unpaired) electrons. The van der Waals surface area contributed by atoms with Crippen molar-refractivity contribution in [2.75, 3.05) is 7.11 Å². The summed E-state index contributed by atoms with van der Waals surface area (Å²) in [5.74, 6) is 2.23. The number of ether oxygens (including phenoxy) is 1. The lowest BCUT2D eigenvalue weighted by Gasteiger charge is -2.56. The summed E-state index contributed by atoms with van der Waals surface area (Å²) >= 11 is 0. The molecular weight excluding hydrogens is 320 g/mol. The Morgan fingerprint density at radius 2 is 2.04 bits per heavy atom. The van der Waals surface area contributed by atoms with E-state index in [9.17, 15) is 4.79 Å². The van der Waals surface area contributed by atoms with Gasteiger partial charge < -0.3 is 4.74 Å². The summed E-state index contributed by atoms with van der Waals surface area (Å²) < 4.78 is 4.72. The van der Waals surface area contributed by atoms with Crippen LogP contribution in [0.5, 0.6) is 0 Å². The van der Waals surface area contributed by atoms with Gasteiger partial charge in [0.25, 0.3) is 0 Å². The van der Waals surface area contributed by atoms with Gasteiger partial charge in [-0.15, -0.1) is 0 Å². The smallest absolute Gasteiger partial charge is 0.330 e. The number of carbonyl (C=O) groups excluding carboxylic acids is 1. The van der Waals surface area contributed by atoms with E-state index in [1.807, 2.05) is 11.6 Å². The normalized spacial score (nSPS) is 41.7. The van der Waals surface area contributed by atoms with Crippen LogP contribution >= 0.6 is 0 Å². The van der Waals surface area contributed by atoms with Crippen LogP contribution < -0.4 is 0 Å². The Balaban J connectivity index is 1.55. The third-order valence-electron chi connectivity index (χ3n) is 8.48. The van der Waals surface area contributed by atoms with E-state index in [1.54, 1.807) is 6.08 Å². The molecule has 26 heavy (non-hydrogen) atoms. The van der Waals surface area contributed by atoms with Crippen molar-refractivity contribution >= 4 is 5.97 Å². The molecule has 5 atom stereocenters. The van der Waals surface area contributed by atoms with E-state index in [0.717, 1.165) is 24.2 Å². The highest BCUT2D eigenvalue weighted by Gasteiger charge is 2.54. The zero-order valence-electron chi connectivity index (χ0n) is 16.7. The number of fused-ring (bicyclic) bond motifs is 5. The summed E-state index contributed by atoms with van der Waals surface area (Å²) in [5, 5.41) is 0. The number of allylic oxidation sites excluding steroid dienone is 5. The monoisotopic (exact) mass is 354 g/mol. The number of hydrogen-bond acceptors (Lipinski definition) is 2. The maximum absolute atomic E-state index is 11.4. The minimum atomic E-state index is -0.250. The summed E-state index contributed by atoms with van der Waals surface area (Å²) in [5.41, 5.74) is 4.13. The van der Waals surface area contributed by atoms with Crippen molar-refractivity contribution < 1.29 is 9.53 Å². The van der Waals surface area contributed by atoms with Crippen LogP contribution in [0.1, 0.15) is 71.6 Å². The highest BCUT2D eigenvalue weighted by atomic mass is 16.5. The molecule has 4 aliphatic carbocycles. The van der Waals surface area contributed by atoms with Gasteiger partial charge in [-0.2, -0.15) is 0 Å². The SMILES string of the molecule is COC(=O)/C=C/CC1=CCC2C3CCC4CCCCC4(C)C3=CCC12C. The molecule has 0 saturated heterocycles. The van der Waals surface area contributed by atoms with Gasteiger partial charge in [-0.1, -0.05) is 56.1 Å². The molecule has 0 aromatic carbocycles. The van der Waals surface area contributed by atoms with Crippen LogP contribution in [-0.2, 0) is 9.53 Å². The molecule has 0 bridgehead atoms. The first-order valence-corrected chi connectivity index (χ1v) is 10.6. The number of esters is 1. The van der Waals surface area contributed by atoms with E-state index < -0.39 is 0 Å². The molecule has 0 aromatic heterocycles. The van der Waals surface area contributed by atoms with E-state index in [1.165, 1.54) is 64.0 Å². The summed E-state index contributed by atoms with van der Waals surface area (Å²) in [6, 6.07) is 0. The van der Waals surface area contributed by atoms with E-state index in [2.05, 4.69) is 26.0 Å². The molecule has 0 heterocycles. The molecular formula is C24H34O2. The molecule has 2 fully saturated rings. The average molecular weight is 355 g/mol. The largest absolute Gasteiger partial charge is 0.466 e. The summed E-state index contributed by atoms with van der Waals surface area (Å²) in [7, 11) is 1.44. The van der Waals surface area contributed by atoms with Gasteiger partial charge in [0, 0.05) is 6.08 Å². The molecule has 4 aliphatic rings. The molecule has 0 spiro atoms. The predicted octanol–water partition coefficient (Wildman–Crippen LogP) is 5.99. The number of carbonyl (C=O) groups is 1. The summed E-state index contributed by atoms with van der Waals surface area (Å²) in [6.07, 6.45) is 20.5. The average Bonchev–Trinajstić information content (AvgIpc) is 2.97. The zero-order chi connectivity index (χ0) is 18.4. The Morgan fingerprint density at radius 3 is 2.85 bits per heavy atom. The number of hydrogen-bond donors (Lipinski definition) is 0. The Labute approximate surface area is 158 Å². The molecule has 0 amide bonds. The van der Waals surface area contributed by atoms with Crippen molar-refractivity contribution in [1.82, 2.24) is 0 Å². The second-order valence-corrected chi connectivity index (χ2v) is 9.53. The van der Waals surface area contributed by atoms with Crippen LogP contribution in [0.4, 0.5) is 0 Å². The molecule has 5 unspecified atom stereocenters. The molecule has 2 nitrogen and oxygen atoms in total. The highest BCUT2D eigenvalue weighted by Crippen LogP contribution is 2.64. The molecule has 2 heteroatoms. The Hall–Kier alpha value is -1.31. The highest BCUT2D eigenvalue weighted by molar-refractivity contribution is 5.81. The van der Waals surface area contributed by atoms with Gasteiger partial charge in [-0.3, -0.25) is 0 Å². The fourth-order valence-electron chi connectivity index (χ4n) is 6.89. The minimum absolute atomic E-state index is 0.250. The fraction of sp³-hybridized carbons (Fsp3) is 0.708. The van der Waals surface area contributed by atoms with Gasteiger partial charge in [0.2, 0.25) is 0 Å². The third kappa shape index (κ3) is 2.72. The van der Waals surface area contributed by atoms with Gasteiger partial charge in [0.1, 0.15) is 0 Å². The second-order valence-electron chi connectivity index (χ2n) is 9.53. The standard InChI is InChI=1S/C24H34O2/c1-23-15-5-4-7-17(23)10-12-19-20-13-11-18(8-6-9-22(25)26-3)24(20,2)16-14-21(19)23/h6,9,11,14,17,19-20H,4-5,7-8,10,12-13,15-16H2,1-3H3/b9-6+. The minimum Gasteiger partial charge on any atom is -0.466 e. The Morgan fingerprint density at radius 1 is 1.19 bits per heavy atom. The lowest BCUT2D eigenvalue weighted by Crippen LogP contribution is -2.46. The summed E-state index contributed by atoms with van der Waals surface area (Å²) in [6.45, 7) is 5.06.